The fourth-order valence-corrected chi connectivity index (χ4v) is 3.44. The molecule has 1 N–H and O–H groups in total. The van der Waals surface area contributed by atoms with Crippen LogP contribution in [0.5, 0.6) is 0 Å². The van der Waals surface area contributed by atoms with Gasteiger partial charge in [-0.05, 0) is 36.0 Å². The Morgan fingerprint density at radius 1 is 1.38 bits per heavy atom. The number of rotatable bonds is 3. The van der Waals surface area contributed by atoms with Gasteiger partial charge in [-0.25, -0.2) is 4.39 Å². The number of hydrogen-bond donors (Lipinski definition) is 1. The molecular weight excluding hydrogens is 268 g/mol. The maximum atomic E-state index is 13.2. The number of benzene rings is 1. The fraction of sp³-hybridized carbons (Fsp3) is 0.455. The molecule has 0 saturated carbocycles. The van der Waals surface area contributed by atoms with Gasteiger partial charge in [0.25, 0.3) is 0 Å². The van der Waals surface area contributed by atoms with E-state index in [1.165, 1.54) is 17.9 Å². The van der Waals surface area contributed by atoms with E-state index in [0.717, 1.165) is 12.2 Å². The zero-order chi connectivity index (χ0) is 11.5. The zero-order valence-corrected chi connectivity index (χ0v) is 10.9. The van der Waals surface area contributed by atoms with Crippen molar-refractivity contribution >= 4 is 40.7 Å². The molecule has 1 heterocycles. The summed E-state index contributed by atoms with van der Waals surface area (Å²) in [7, 11) is 0. The van der Waals surface area contributed by atoms with E-state index in [2.05, 4.69) is 5.32 Å². The first-order valence-corrected chi connectivity index (χ1v) is 7.04. The summed E-state index contributed by atoms with van der Waals surface area (Å²) in [4.78, 5) is 0. The highest BCUT2D eigenvalue weighted by atomic mass is 35.5. The predicted molar refractivity (Wildman–Crippen MR) is 70.3 cm³/mol. The maximum absolute atomic E-state index is 13.2. The van der Waals surface area contributed by atoms with Crippen molar-refractivity contribution in [1.29, 1.82) is 0 Å². The van der Waals surface area contributed by atoms with Crippen molar-refractivity contribution in [2.75, 3.05) is 23.4 Å². The van der Waals surface area contributed by atoms with Crippen LogP contribution in [-0.4, -0.2) is 18.1 Å². The van der Waals surface area contributed by atoms with Crippen molar-refractivity contribution in [2.45, 2.75) is 6.42 Å². The molecule has 0 aliphatic carbocycles. The molecule has 1 atom stereocenters. The molecule has 1 aromatic carbocycles. The maximum Gasteiger partial charge on any atom is 0.160 e. The highest BCUT2D eigenvalue weighted by Crippen LogP contribution is 2.28. The van der Waals surface area contributed by atoms with E-state index in [1.54, 1.807) is 12.1 Å². The first kappa shape index (κ1) is 12.3. The van der Waals surface area contributed by atoms with Crippen LogP contribution < -0.4 is 5.32 Å². The van der Waals surface area contributed by atoms with Gasteiger partial charge in [-0.15, -0.1) is 0 Å². The number of thioether (sulfide) groups is 1. The smallest absolute Gasteiger partial charge is 0.160 e. The topological polar surface area (TPSA) is 12.0 Å². The van der Waals surface area contributed by atoms with Gasteiger partial charge in [0.05, 0.1) is 10.0 Å². The fourth-order valence-electron chi connectivity index (χ4n) is 1.66. The van der Waals surface area contributed by atoms with E-state index >= 15 is 0 Å². The molecule has 1 unspecified atom stereocenters. The standard InChI is InChI=1S/C11H12Cl2FNS/c12-9-3-8(4-10(13)11(9)14)15-5-7-1-2-16-6-7/h3-4,7,15H,1-2,5-6H2. The summed E-state index contributed by atoms with van der Waals surface area (Å²) in [5.74, 6) is 2.56. The Bertz CT molecular complexity index is 357. The predicted octanol–water partition coefficient (Wildman–Crippen LogP) is 4.30. The lowest BCUT2D eigenvalue weighted by atomic mass is 10.1. The van der Waals surface area contributed by atoms with Crippen molar-refractivity contribution < 1.29 is 4.39 Å². The Hall–Kier alpha value is -0.120. The van der Waals surface area contributed by atoms with Crippen molar-refractivity contribution in [3.63, 3.8) is 0 Å². The summed E-state index contributed by atoms with van der Waals surface area (Å²) in [5.41, 5.74) is 0.785. The minimum Gasteiger partial charge on any atom is -0.385 e. The molecule has 1 aromatic rings. The Morgan fingerprint density at radius 3 is 2.62 bits per heavy atom. The van der Waals surface area contributed by atoms with Crippen LogP contribution in [0.2, 0.25) is 10.0 Å². The molecule has 88 valence electrons. The SMILES string of the molecule is Fc1c(Cl)cc(NCC2CCSC2)cc1Cl. The molecule has 2 rings (SSSR count). The zero-order valence-electron chi connectivity index (χ0n) is 8.60. The molecule has 0 radical (unpaired) electrons. The van der Waals surface area contributed by atoms with Crippen LogP contribution in [0.15, 0.2) is 12.1 Å². The van der Waals surface area contributed by atoms with E-state index < -0.39 is 5.82 Å². The first-order chi connectivity index (χ1) is 7.66. The van der Waals surface area contributed by atoms with Crippen LogP contribution in [0.25, 0.3) is 0 Å². The molecule has 16 heavy (non-hydrogen) atoms. The molecule has 1 aliphatic rings. The molecule has 0 bridgehead atoms. The number of hydrogen-bond acceptors (Lipinski definition) is 2. The van der Waals surface area contributed by atoms with Crippen LogP contribution in [0.4, 0.5) is 10.1 Å². The van der Waals surface area contributed by atoms with E-state index in [0.29, 0.717) is 5.92 Å². The second-order valence-corrected chi connectivity index (χ2v) is 5.83. The van der Waals surface area contributed by atoms with Crippen molar-refractivity contribution in [3.05, 3.63) is 28.0 Å². The number of nitrogens with one attached hydrogen (secondary N) is 1. The molecule has 1 fully saturated rings. The Labute approximate surface area is 109 Å². The molecular formula is C11H12Cl2FNS. The average Bonchev–Trinajstić information content (AvgIpc) is 2.75. The van der Waals surface area contributed by atoms with Crippen LogP contribution in [0, 0.1) is 11.7 Å². The van der Waals surface area contributed by atoms with E-state index in [4.69, 9.17) is 23.2 Å². The van der Waals surface area contributed by atoms with Crippen molar-refractivity contribution in [1.82, 2.24) is 0 Å². The summed E-state index contributed by atoms with van der Waals surface area (Å²) in [6.45, 7) is 0.894. The van der Waals surface area contributed by atoms with Gasteiger partial charge in [0.15, 0.2) is 5.82 Å². The van der Waals surface area contributed by atoms with Gasteiger partial charge in [-0.3, -0.25) is 0 Å². The third kappa shape index (κ3) is 2.96. The lowest BCUT2D eigenvalue weighted by Gasteiger charge is -2.12. The van der Waals surface area contributed by atoms with Gasteiger partial charge < -0.3 is 5.32 Å². The van der Waals surface area contributed by atoms with Crippen molar-refractivity contribution in [2.24, 2.45) is 5.92 Å². The molecule has 1 saturated heterocycles. The monoisotopic (exact) mass is 279 g/mol. The van der Waals surface area contributed by atoms with Crippen LogP contribution in [-0.2, 0) is 0 Å². The summed E-state index contributed by atoms with van der Waals surface area (Å²) >= 11 is 13.4. The summed E-state index contributed by atoms with van der Waals surface area (Å²) in [6.07, 6.45) is 1.24. The minimum absolute atomic E-state index is 0.0656. The number of halogens is 3. The molecule has 0 spiro atoms. The van der Waals surface area contributed by atoms with Gasteiger partial charge in [0.2, 0.25) is 0 Å². The summed E-state index contributed by atoms with van der Waals surface area (Å²) in [5, 5.41) is 3.38. The normalized spacial score (nSPS) is 20.1. The molecule has 1 aliphatic heterocycles. The van der Waals surface area contributed by atoms with Crippen LogP contribution >= 0.6 is 35.0 Å². The highest BCUT2D eigenvalue weighted by molar-refractivity contribution is 7.99. The lowest BCUT2D eigenvalue weighted by molar-refractivity contribution is 0.625. The van der Waals surface area contributed by atoms with Gasteiger partial charge in [0, 0.05) is 12.2 Å². The summed E-state index contributed by atoms with van der Waals surface area (Å²) in [6, 6.07) is 3.15. The van der Waals surface area contributed by atoms with Crippen LogP contribution in [0.1, 0.15) is 6.42 Å². The lowest BCUT2D eigenvalue weighted by Crippen LogP contribution is -2.13. The van der Waals surface area contributed by atoms with Gasteiger partial charge >= 0.3 is 0 Å². The Kier molecular flexibility index (Phi) is 4.22. The third-order valence-corrected chi connectivity index (χ3v) is 4.38. The van der Waals surface area contributed by atoms with Gasteiger partial charge in [0.1, 0.15) is 0 Å². The molecule has 1 nitrogen and oxygen atoms in total. The second-order valence-electron chi connectivity index (χ2n) is 3.86. The largest absolute Gasteiger partial charge is 0.385 e. The quantitative estimate of drug-likeness (QED) is 0.828. The second kappa shape index (κ2) is 5.48. The van der Waals surface area contributed by atoms with Gasteiger partial charge in [-0.1, -0.05) is 23.2 Å². The van der Waals surface area contributed by atoms with Crippen molar-refractivity contribution in [3.8, 4) is 0 Å². The van der Waals surface area contributed by atoms with Gasteiger partial charge in [-0.2, -0.15) is 11.8 Å². The number of anilines is 1. The first-order valence-electron chi connectivity index (χ1n) is 5.13. The molecule has 5 heteroatoms. The highest BCUT2D eigenvalue weighted by Gasteiger charge is 2.15. The summed E-state index contributed by atoms with van der Waals surface area (Å²) < 4.78 is 13.2. The van der Waals surface area contributed by atoms with E-state index in [-0.39, 0.29) is 10.0 Å². The third-order valence-electron chi connectivity index (χ3n) is 2.60. The van der Waals surface area contributed by atoms with E-state index in [1.807, 2.05) is 11.8 Å². The molecule has 0 aromatic heterocycles. The Morgan fingerprint density at radius 2 is 2.06 bits per heavy atom. The minimum atomic E-state index is -0.551. The molecule has 0 amide bonds. The van der Waals surface area contributed by atoms with E-state index in [9.17, 15) is 4.39 Å². The average molecular weight is 280 g/mol. The van der Waals surface area contributed by atoms with Crippen LogP contribution in [0.3, 0.4) is 0 Å². The Balaban J connectivity index is 1.98.